The van der Waals surface area contributed by atoms with Crippen molar-refractivity contribution in [3.63, 3.8) is 0 Å². The molecule has 0 spiro atoms. The molecule has 2 aromatic rings. The lowest BCUT2D eigenvalue weighted by molar-refractivity contribution is 0.269. The van der Waals surface area contributed by atoms with Crippen molar-refractivity contribution < 1.29 is 4.74 Å². The zero-order chi connectivity index (χ0) is 14.7. The Bertz CT molecular complexity index is 608. The van der Waals surface area contributed by atoms with E-state index in [9.17, 15) is 0 Å². The van der Waals surface area contributed by atoms with Crippen LogP contribution in [0.4, 0.5) is 5.82 Å². The molecule has 0 saturated carbocycles. The van der Waals surface area contributed by atoms with Gasteiger partial charge in [-0.1, -0.05) is 12.1 Å². The van der Waals surface area contributed by atoms with Crippen LogP contribution in [0.1, 0.15) is 19.8 Å². The lowest BCUT2D eigenvalue weighted by atomic mass is 10.1. The van der Waals surface area contributed by atoms with E-state index >= 15 is 0 Å². The lowest BCUT2D eigenvalue weighted by Crippen LogP contribution is -2.35. The standard InChI is InChI=1S/C17H23N3O/c1-13(20-10-3-4-11-20)12-19-17-15-6-5-7-16(21-2)14(15)8-9-18-17/h5-9,13H,3-4,10-12H2,1-2H3,(H,18,19). The maximum absolute atomic E-state index is 5.43. The van der Waals surface area contributed by atoms with E-state index in [1.165, 1.54) is 25.9 Å². The number of anilines is 1. The molecule has 1 aliphatic rings. The van der Waals surface area contributed by atoms with Crippen LogP contribution in [-0.4, -0.2) is 42.7 Å². The fourth-order valence-corrected chi connectivity index (χ4v) is 3.05. The van der Waals surface area contributed by atoms with E-state index in [0.29, 0.717) is 6.04 Å². The van der Waals surface area contributed by atoms with Gasteiger partial charge < -0.3 is 10.1 Å². The predicted octanol–water partition coefficient (Wildman–Crippen LogP) is 3.14. The molecule has 112 valence electrons. The molecule has 21 heavy (non-hydrogen) atoms. The summed E-state index contributed by atoms with van der Waals surface area (Å²) in [7, 11) is 1.71. The van der Waals surface area contributed by atoms with Crippen LogP contribution in [-0.2, 0) is 0 Å². The normalized spacial score (nSPS) is 17.0. The fraction of sp³-hybridized carbons (Fsp3) is 0.471. The first-order valence-electron chi connectivity index (χ1n) is 7.69. The minimum absolute atomic E-state index is 0.537. The van der Waals surface area contributed by atoms with Gasteiger partial charge in [0.25, 0.3) is 0 Å². The minimum atomic E-state index is 0.537. The first-order chi connectivity index (χ1) is 10.3. The van der Waals surface area contributed by atoms with Crippen molar-refractivity contribution in [2.24, 2.45) is 0 Å². The van der Waals surface area contributed by atoms with Gasteiger partial charge in [0.05, 0.1) is 7.11 Å². The molecular formula is C17H23N3O. The maximum atomic E-state index is 5.43. The van der Waals surface area contributed by atoms with Crippen molar-refractivity contribution in [1.82, 2.24) is 9.88 Å². The second-order valence-electron chi connectivity index (χ2n) is 5.69. The number of fused-ring (bicyclic) bond motifs is 1. The van der Waals surface area contributed by atoms with Gasteiger partial charge in [-0.3, -0.25) is 4.90 Å². The van der Waals surface area contributed by atoms with Crippen molar-refractivity contribution in [2.45, 2.75) is 25.8 Å². The van der Waals surface area contributed by atoms with Crippen LogP contribution in [0.5, 0.6) is 5.75 Å². The van der Waals surface area contributed by atoms with E-state index < -0.39 is 0 Å². The van der Waals surface area contributed by atoms with Gasteiger partial charge in [-0.05, 0) is 45.0 Å². The summed E-state index contributed by atoms with van der Waals surface area (Å²) in [6.07, 6.45) is 4.50. The van der Waals surface area contributed by atoms with Crippen molar-refractivity contribution in [1.29, 1.82) is 0 Å². The average Bonchev–Trinajstić information content (AvgIpc) is 3.06. The summed E-state index contributed by atoms with van der Waals surface area (Å²) in [5.41, 5.74) is 0. The molecule has 1 saturated heterocycles. The molecule has 2 heterocycles. The van der Waals surface area contributed by atoms with Crippen molar-refractivity contribution in [2.75, 3.05) is 32.1 Å². The number of hydrogen-bond donors (Lipinski definition) is 1. The monoisotopic (exact) mass is 285 g/mol. The molecule has 1 atom stereocenters. The highest BCUT2D eigenvalue weighted by Crippen LogP contribution is 2.29. The Morgan fingerprint density at radius 3 is 2.81 bits per heavy atom. The number of likely N-dealkylation sites (tertiary alicyclic amines) is 1. The van der Waals surface area contributed by atoms with Crippen molar-refractivity contribution in [3.8, 4) is 5.75 Å². The summed E-state index contributed by atoms with van der Waals surface area (Å²) in [6, 6.07) is 8.63. The van der Waals surface area contributed by atoms with Gasteiger partial charge in [-0.25, -0.2) is 4.98 Å². The topological polar surface area (TPSA) is 37.4 Å². The summed E-state index contributed by atoms with van der Waals surface area (Å²) >= 11 is 0. The first-order valence-corrected chi connectivity index (χ1v) is 7.69. The van der Waals surface area contributed by atoms with Crippen LogP contribution in [0.25, 0.3) is 10.8 Å². The number of pyridine rings is 1. The highest BCUT2D eigenvalue weighted by Gasteiger charge is 2.18. The number of rotatable bonds is 5. The molecule has 1 aromatic heterocycles. The third-order valence-corrected chi connectivity index (χ3v) is 4.31. The molecule has 1 aromatic carbocycles. The van der Waals surface area contributed by atoms with Gasteiger partial charge in [0, 0.05) is 29.6 Å². The molecule has 0 amide bonds. The number of aromatic nitrogens is 1. The zero-order valence-corrected chi connectivity index (χ0v) is 12.8. The van der Waals surface area contributed by atoms with Crippen LogP contribution < -0.4 is 10.1 Å². The molecule has 1 N–H and O–H groups in total. The van der Waals surface area contributed by atoms with Gasteiger partial charge in [0.1, 0.15) is 11.6 Å². The van der Waals surface area contributed by atoms with Crippen LogP contribution in [0, 0.1) is 0 Å². The highest BCUT2D eigenvalue weighted by atomic mass is 16.5. The third-order valence-electron chi connectivity index (χ3n) is 4.31. The van der Waals surface area contributed by atoms with Gasteiger partial charge in [0.2, 0.25) is 0 Å². The zero-order valence-electron chi connectivity index (χ0n) is 12.8. The van der Waals surface area contributed by atoms with Gasteiger partial charge in [-0.2, -0.15) is 0 Å². The van der Waals surface area contributed by atoms with Crippen LogP contribution in [0.2, 0.25) is 0 Å². The van der Waals surface area contributed by atoms with Crippen LogP contribution in [0.15, 0.2) is 30.5 Å². The van der Waals surface area contributed by atoms with Crippen molar-refractivity contribution in [3.05, 3.63) is 30.5 Å². The van der Waals surface area contributed by atoms with Gasteiger partial charge >= 0.3 is 0 Å². The largest absolute Gasteiger partial charge is 0.496 e. The minimum Gasteiger partial charge on any atom is -0.496 e. The Balaban J connectivity index is 1.77. The van der Waals surface area contributed by atoms with E-state index in [0.717, 1.165) is 28.9 Å². The summed E-state index contributed by atoms with van der Waals surface area (Å²) in [5, 5.41) is 5.73. The average molecular weight is 285 g/mol. The van der Waals surface area contributed by atoms with E-state index in [2.05, 4.69) is 28.2 Å². The summed E-state index contributed by atoms with van der Waals surface area (Å²) < 4.78 is 5.43. The summed E-state index contributed by atoms with van der Waals surface area (Å²) in [4.78, 5) is 7.04. The molecule has 0 bridgehead atoms. The Labute approximate surface area is 126 Å². The van der Waals surface area contributed by atoms with Crippen LogP contribution in [0.3, 0.4) is 0 Å². The first kappa shape index (κ1) is 14.1. The van der Waals surface area contributed by atoms with E-state index in [4.69, 9.17) is 4.74 Å². The number of methoxy groups -OCH3 is 1. The Kier molecular flexibility index (Phi) is 4.25. The maximum Gasteiger partial charge on any atom is 0.134 e. The molecule has 1 unspecified atom stereocenters. The molecule has 4 nitrogen and oxygen atoms in total. The predicted molar refractivity (Wildman–Crippen MR) is 87.1 cm³/mol. The molecule has 0 radical (unpaired) electrons. The molecule has 1 fully saturated rings. The third kappa shape index (κ3) is 2.95. The second-order valence-corrected chi connectivity index (χ2v) is 5.69. The molecule has 0 aliphatic carbocycles. The van der Waals surface area contributed by atoms with Crippen LogP contribution >= 0.6 is 0 Å². The lowest BCUT2D eigenvalue weighted by Gasteiger charge is -2.24. The highest BCUT2D eigenvalue weighted by molar-refractivity contribution is 5.95. The van der Waals surface area contributed by atoms with Gasteiger partial charge in [0.15, 0.2) is 0 Å². The van der Waals surface area contributed by atoms with E-state index in [-0.39, 0.29) is 0 Å². The molecule has 4 heteroatoms. The fourth-order valence-electron chi connectivity index (χ4n) is 3.05. The summed E-state index contributed by atoms with van der Waals surface area (Å²) in [6.45, 7) is 5.65. The smallest absolute Gasteiger partial charge is 0.134 e. The molecule has 3 rings (SSSR count). The Morgan fingerprint density at radius 2 is 2.05 bits per heavy atom. The SMILES string of the molecule is COc1cccc2c(NCC(C)N3CCCC3)nccc12. The second kappa shape index (κ2) is 6.31. The number of nitrogens with one attached hydrogen (secondary N) is 1. The Morgan fingerprint density at radius 1 is 1.24 bits per heavy atom. The number of ether oxygens (including phenoxy) is 1. The molecule has 1 aliphatic heterocycles. The van der Waals surface area contributed by atoms with E-state index in [1.807, 2.05) is 24.4 Å². The summed E-state index contributed by atoms with van der Waals surface area (Å²) in [5.74, 6) is 1.84. The Hall–Kier alpha value is -1.81. The molecular weight excluding hydrogens is 262 g/mol. The number of hydrogen-bond acceptors (Lipinski definition) is 4. The quantitative estimate of drug-likeness (QED) is 0.916. The van der Waals surface area contributed by atoms with E-state index in [1.54, 1.807) is 7.11 Å². The van der Waals surface area contributed by atoms with Gasteiger partial charge in [-0.15, -0.1) is 0 Å². The number of nitrogens with zero attached hydrogens (tertiary/aromatic N) is 2. The number of benzene rings is 1. The van der Waals surface area contributed by atoms with Crippen molar-refractivity contribution >= 4 is 16.6 Å².